The maximum atomic E-state index is 14.1. The molecule has 0 radical (unpaired) electrons. The SMILES string of the molecule is Cc1ncc(N2CC(C(F)(F)F)C[C@@H](NC(=O)CC3CCNCC3F)C2)c2cccnc12. The molecule has 2 saturated heterocycles. The summed E-state index contributed by atoms with van der Waals surface area (Å²) in [5.74, 6) is -2.41. The van der Waals surface area contributed by atoms with Crippen LogP contribution in [-0.4, -0.2) is 60.4 Å². The number of piperidine rings is 2. The van der Waals surface area contributed by atoms with Gasteiger partial charge in [0.25, 0.3) is 0 Å². The van der Waals surface area contributed by atoms with E-state index in [4.69, 9.17) is 0 Å². The highest BCUT2D eigenvalue weighted by molar-refractivity contribution is 5.92. The smallest absolute Gasteiger partial charge is 0.367 e. The number of alkyl halides is 4. The lowest BCUT2D eigenvalue weighted by molar-refractivity contribution is -0.178. The van der Waals surface area contributed by atoms with Crippen molar-refractivity contribution in [3.8, 4) is 0 Å². The molecule has 0 saturated carbocycles. The summed E-state index contributed by atoms with van der Waals surface area (Å²) in [4.78, 5) is 22.8. The number of anilines is 1. The minimum absolute atomic E-state index is 0.0189. The van der Waals surface area contributed by atoms with Crippen LogP contribution in [0.2, 0.25) is 0 Å². The predicted molar refractivity (Wildman–Crippen MR) is 113 cm³/mol. The molecule has 4 atom stereocenters. The molecular weight excluding hydrogens is 426 g/mol. The summed E-state index contributed by atoms with van der Waals surface area (Å²) in [5.41, 5.74) is 1.90. The Morgan fingerprint density at radius 2 is 2.12 bits per heavy atom. The van der Waals surface area contributed by atoms with Crippen LogP contribution in [0.1, 0.15) is 25.0 Å². The van der Waals surface area contributed by atoms with E-state index in [2.05, 4.69) is 20.6 Å². The van der Waals surface area contributed by atoms with Crippen molar-refractivity contribution < 1.29 is 22.4 Å². The Labute approximate surface area is 183 Å². The van der Waals surface area contributed by atoms with Crippen molar-refractivity contribution in [1.29, 1.82) is 0 Å². The molecule has 2 aromatic heterocycles. The van der Waals surface area contributed by atoms with Crippen molar-refractivity contribution in [2.24, 2.45) is 11.8 Å². The van der Waals surface area contributed by atoms with Gasteiger partial charge in [-0.1, -0.05) is 0 Å². The van der Waals surface area contributed by atoms with E-state index in [0.29, 0.717) is 29.9 Å². The molecule has 0 spiro atoms. The number of rotatable bonds is 4. The summed E-state index contributed by atoms with van der Waals surface area (Å²) in [5, 5.41) is 6.40. The first-order valence-corrected chi connectivity index (χ1v) is 10.9. The maximum Gasteiger partial charge on any atom is 0.393 e. The predicted octanol–water partition coefficient (Wildman–Crippen LogP) is 3.15. The van der Waals surface area contributed by atoms with Crippen molar-refractivity contribution in [2.45, 2.75) is 44.6 Å². The lowest BCUT2D eigenvalue weighted by atomic mass is 9.90. The fraction of sp³-hybridized carbons (Fsp3) is 0.591. The first-order chi connectivity index (χ1) is 15.2. The number of carbonyl (C=O) groups excluding carboxylic acids is 1. The third-order valence-electron chi connectivity index (χ3n) is 6.42. The molecule has 2 N–H and O–H groups in total. The number of hydrogen-bond acceptors (Lipinski definition) is 5. The highest BCUT2D eigenvalue weighted by Crippen LogP contribution is 2.37. The minimum Gasteiger partial charge on any atom is -0.367 e. The summed E-state index contributed by atoms with van der Waals surface area (Å²) in [6.07, 6.45) is -2.02. The number of aryl methyl sites for hydroxylation is 1. The Bertz CT molecular complexity index is 969. The lowest BCUT2D eigenvalue weighted by Gasteiger charge is -2.40. The first-order valence-electron chi connectivity index (χ1n) is 10.9. The van der Waals surface area contributed by atoms with Gasteiger partial charge in [-0.05, 0) is 38.4 Å². The standard InChI is InChI=1S/C22H27F4N5O/c1-13-21-17(3-2-5-28-21)19(10-29-13)31-11-15(22(24,25)26)8-16(12-31)30-20(32)7-14-4-6-27-9-18(14)23/h2-3,5,10,14-16,18,27H,4,6-9,11-12H2,1H3,(H,30,32)/t14?,15?,16-,18?/m1/s1. The fourth-order valence-electron chi connectivity index (χ4n) is 4.71. The number of halogens is 4. The number of hydrogen-bond donors (Lipinski definition) is 2. The van der Waals surface area contributed by atoms with Crippen molar-refractivity contribution in [3.05, 3.63) is 30.2 Å². The molecule has 10 heteroatoms. The van der Waals surface area contributed by atoms with E-state index in [0.717, 1.165) is 5.39 Å². The zero-order valence-electron chi connectivity index (χ0n) is 17.8. The number of nitrogens with one attached hydrogen (secondary N) is 2. The first kappa shape index (κ1) is 22.7. The monoisotopic (exact) mass is 453 g/mol. The van der Waals surface area contributed by atoms with Crippen molar-refractivity contribution in [3.63, 3.8) is 0 Å². The van der Waals surface area contributed by atoms with Crippen LogP contribution in [-0.2, 0) is 4.79 Å². The van der Waals surface area contributed by atoms with Gasteiger partial charge in [-0.15, -0.1) is 0 Å². The second-order valence-corrected chi connectivity index (χ2v) is 8.75. The van der Waals surface area contributed by atoms with E-state index in [-0.39, 0.29) is 32.5 Å². The van der Waals surface area contributed by atoms with E-state index in [1.165, 1.54) is 0 Å². The van der Waals surface area contributed by atoms with Crippen LogP contribution >= 0.6 is 0 Å². The minimum atomic E-state index is -4.40. The van der Waals surface area contributed by atoms with Gasteiger partial charge in [0.15, 0.2) is 0 Å². The third kappa shape index (κ3) is 4.95. The van der Waals surface area contributed by atoms with Gasteiger partial charge in [-0.3, -0.25) is 14.8 Å². The average molecular weight is 453 g/mol. The summed E-state index contributed by atoms with van der Waals surface area (Å²) in [6.45, 7) is 2.64. The van der Waals surface area contributed by atoms with Crippen LogP contribution in [0.15, 0.2) is 24.5 Å². The van der Waals surface area contributed by atoms with Gasteiger partial charge in [0, 0.05) is 49.6 Å². The summed E-state index contributed by atoms with van der Waals surface area (Å²) in [7, 11) is 0. The quantitative estimate of drug-likeness (QED) is 0.697. The Hall–Kier alpha value is -2.49. The van der Waals surface area contributed by atoms with Crippen LogP contribution in [0.5, 0.6) is 0 Å². The molecule has 4 heterocycles. The largest absolute Gasteiger partial charge is 0.393 e. The van der Waals surface area contributed by atoms with Crippen LogP contribution in [0.25, 0.3) is 10.9 Å². The lowest BCUT2D eigenvalue weighted by Crippen LogP contribution is -2.54. The molecule has 0 aliphatic carbocycles. The van der Waals surface area contributed by atoms with Gasteiger partial charge in [0.2, 0.25) is 5.91 Å². The normalized spacial score (nSPS) is 26.8. The Morgan fingerprint density at radius 1 is 1.31 bits per heavy atom. The van der Waals surface area contributed by atoms with Gasteiger partial charge in [-0.2, -0.15) is 13.2 Å². The fourth-order valence-corrected chi connectivity index (χ4v) is 4.71. The Balaban J connectivity index is 1.54. The Kier molecular flexibility index (Phi) is 6.50. The molecule has 0 bridgehead atoms. The zero-order chi connectivity index (χ0) is 22.9. The van der Waals surface area contributed by atoms with E-state index in [1.807, 2.05) is 6.07 Å². The summed E-state index contributed by atoms with van der Waals surface area (Å²) in [6, 6.07) is 2.85. The van der Waals surface area contributed by atoms with Crippen LogP contribution in [0.3, 0.4) is 0 Å². The second kappa shape index (κ2) is 9.17. The topological polar surface area (TPSA) is 70.2 Å². The van der Waals surface area contributed by atoms with Crippen molar-refractivity contribution in [1.82, 2.24) is 20.6 Å². The van der Waals surface area contributed by atoms with E-state index in [1.54, 1.807) is 30.3 Å². The second-order valence-electron chi connectivity index (χ2n) is 8.75. The van der Waals surface area contributed by atoms with Gasteiger partial charge in [0.05, 0.1) is 29.0 Å². The van der Waals surface area contributed by atoms with Gasteiger partial charge >= 0.3 is 6.18 Å². The van der Waals surface area contributed by atoms with Crippen molar-refractivity contribution >= 4 is 22.5 Å². The van der Waals surface area contributed by atoms with Gasteiger partial charge in [0.1, 0.15) is 6.17 Å². The molecule has 2 fully saturated rings. The number of pyridine rings is 2. The molecule has 6 nitrogen and oxygen atoms in total. The molecule has 1 amide bonds. The molecule has 3 unspecified atom stereocenters. The zero-order valence-corrected chi connectivity index (χ0v) is 17.8. The number of aromatic nitrogens is 2. The maximum absolute atomic E-state index is 14.1. The number of nitrogens with zero attached hydrogens (tertiary/aromatic N) is 3. The molecular formula is C22H27F4N5O. The highest BCUT2D eigenvalue weighted by Gasteiger charge is 2.45. The molecule has 32 heavy (non-hydrogen) atoms. The van der Waals surface area contributed by atoms with Crippen LogP contribution in [0.4, 0.5) is 23.2 Å². The van der Waals surface area contributed by atoms with E-state index >= 15 is 0 Å². The molecule has 2 aromatic rings. The van der Waals surface area contributed by atoms with Gasteiger partial charge in [-0.25, -0.2) is 4.39 Å². The molecule has 4 rings (SSSR count). The van der Waals surface area contributed by atoms with E-state index < -0.39 is 36.1 Å². The van der Waals surface area contributed by atoms with Crippen molar-refractivity contribution in [2.75, 3.05) is 31.1 Å². The molecule has 2 aliphatic heterocycles. The number of fused-ring (bicyclic) bond motifs is 1. The van der Waals surface area contributed by atoms with Gasteiger partial charge < -0.3 is 15.5 Å². The summed E-state index contributed by atoms with van der Waals surface area (Å²) >= 11 is 0. The number of amides is 1. The van der Waals surface area contributed by atoms with Crippen LogP contribution < -0.4 is 15.5 Å². The van der Waals surface area contributed by atoms with E-state index in [9.17, 15) is 22.4 Å². The highest BCUT2D eigenvalue weighted by atomic mass is 19.4. The molecule has 2 aliphatic rings. The average Bonchev–Trinajstić information content (AvgIpc) is 2.75. The third-order valence-corrected chi connectivity index (χ3v) is 6.42. The number of carbonyl (C=O) groups is 1. The molecule has 174 valence electrons. The van der Waals surface area contributed by atoms with Crippen LogP contribution in [0, 0.1) is 18.8 Å². The summed E-state index contributed by atoms with van der Waals surface area (Å²) < 4.78 is 55.2. The Morgan fingerprint density at radius 3 is 2.88 bits per heavy atom. The molecule has 0 aromatic carbocycles.